The molecule has 1 atom stereocenters. The van der Waals surface area contributed by atoms with E-state index in [2.05, 4.69) is 37.6 Å². The fraction of sp³-hybridized carbons (Fsp3) is 0.500. The first kappa shape index (κ1) is 16.2. The minimum absolute atomic E-state index is 0.0177. The number of aromatic nitrogens is 1. The zero-order valence-electron chi connectivity index (χ0n) is 12.8. The molecule has 1 amide bonds. The van der Waals surface area contributed by atoms with Crippen LogP contribution in [0.3, 0.4) is 0 Å². The van der Waals surface area contributed by atoms with Gasteiger partial charge in [-0.15, -0.1) is 0 Å². The van der Waals surface area contributed by atoms with Gasteiger partial charge < -0.3 is 10.0 Å². The highest BCUT2D eigenvalue weighted by Gasteiger charge is 2.28. The van der Waals surface area contributed by atoms with Crippen LogP contribution in [0.25, 0.3) is 0 Å². The van der Waals surface area contributed by atoms with E-state index in [-0.39, 0.29) is 24.0 Å². The number of aliphatic hydroxyl groups excluding tert-OH is 1. The van der Waals surface area contributed by atoms with Gasteiger partial charge in [0, 0.05) is 19.3 Å². The number of carbonyl (C=O) groups is 1. The number of aliphatic hydroxyl groups is 1. The molecule has 0 fully saturated rings. The molecule has 0 saturated heterocycles. The normalized spacial score (nSPS) is 12.3. The van der Waals surface area contributed by atoms with Crippen LogP contribution in [0.1, 0.15) is 43.7 Å². The van der Waals surface area contributed by atoms with Gasteiger partial charge in [-0.3, -0.25) is 4.79 Å². The summed E-state index contributed by atoms with van der Waals surface area (Å²) in [5.41, 5.74) is 0.849. The molecular formula is C16H22N2O2. The van der Waals surface area contributed by atoms with Crippen LogP contribution in [0, 0.1) is 17.3 Å². The van der Waals surface area contributed by atoms with Crippen molar-refractivity contribution in [3.63, 3.8) is 0 Å². The van der Waals surface area contributed by atoms with Crippen molar-refractivity contribution in [3.8, 4) is 11.8 Å². The van der Waals surface area contributed by atoms with Crippen LogP contribution in [-0.4, -0.2) is 40.6 Å². The third-order valence-corrected chi connectivity index (χ3v) is 3.47. The second kappa shape index (κ2) is 6.53. The van der Waals surface area contributed by atoms with E-state index in [1.807, 2.05) is 6.92 Å². The van der Waals surface area contributed by atoms with Crippen LogP contribution < -0.4 is 0 Å². The number of carbonyl (C=O) groups excluding carboxylic acids is 1. The summed E-state index contributed by atoms with van der Waals surface area (Å²) in [5, 5.41) is 8.77. The monoisotopic (exact) mass is 274 g/mol. The first-order chi connectivity index (χ1) is 9.29. The lowest BCUT2D eigenvalue weighted by molar-refractivity contribution is 0.0623. The van der Waals surface area contributed by atoms with Crippen molar-refractivity contribution in [2.75, 3.05) is 13.7 Å². The van der Waals surface area contributed by atoms with E-state index in [1.54, 1.807) is 30.3 Å². The Labute approximate surface area is 120 Å². The Hall–Kier alpha value is -1.86. The van der Waals surface area contributed by atoms with Gasteiger partial charge in [0.2, 0.25) is 0 Å². The molecule has 0 bridgehead atoms. The lowest BCUT2D eigenvalue weighted by Gasteiger charge is -2.35. The molecular weight excluding hydrogens is 252 g/mol. The average molecular weight is 274 g/mol. The number of rotatable bonds is 2. The predicted octanol–water partition coefficient (Wildman–Crippen LogP) is 1.93. The highest BCUT2D eigenvalue weighted by atomic mass is 16.2. The molecule has 0 aliphatic rings. The third kappa shape index (κ3) is 3.82. The van der Waals surface area contributed by atoms with Gasteiger partial charge in [0.15, 0.2) is 0 Å². The SMILES string of the molecule is CC(N(C)C(=O)c1ncccc1C#CCO)C(C)(C)C. The van der Waals surface area contributed by atoms with E-state index in [0.29, 0.717) is 11.3 Å². The Morgan fingerprint density at radius 2 is 2.15 bits per heavy atom. The summed E-state index contributed by atoms with van der Waals surface area (Å²) >= 11 is 0. The minimum atomic E-state index is -0.239. The average Bonchev–Trinajstić information content (AvgIpc) is 2.42. The Morgan fingerprint density at radius 3 is 2.70 bits per heavy atom. The molecule has 1 unspecified atom stereocenters. The van der Waals surface area contributed by atoms with Gasteiger partial charge in [-0.05, 0) is 24.5 Å². The third-order valence-electron chi connectivity index (χ3n) is 3.47. The topological polar surface area (TPSA) is 53.4 Å². The van der Waals surface area contributed by atoms with E-state index in [0.717, 1.165) is 0 Å². The molecule has 1 heterocycles. The molecule has 1 aromatic heterocycles. The summed E-state index contributed by atoms with van der Waals surface area (Å²) in [6.45, 7) is 8.04. The second-order valence-corrected chi connectivity index (χ2v) is 5.82. The summed E-state index contributed by atoms with van der Waals surface area (Å²) < 4.78 is 0. The molecule has 0 saturated carbocycles. The molecule has 1 rings (SSSR count). The minimum Gasteiger partial charge on any atom is -0.384 e. The highest BCUT2D eigenvalue weighted by Crippen LogP contribution is 2.24. The molecule has 0 spiro atoms. The smallest absolute Gasteiger partial charge is 0.273 e. The van der Waals surface area contributed by atoms with Gasteiger partial charge in [-0.25, -0.2) is 4.98 Å². The van der Waals surface area contributed by atoms with Crippen molar-refractivity contribution >= 4 is 5.91 Å². The first-order valence-electron chi connectivity index (χ1n) is 6.61. The Balaban J connectivity index is 3.09. The largest absolute Gasteiger partial charge is 0.384 e. The van der Waals surface area contributed by atoms with Gasteiger partial charge in [0.1, 0.15) is 12.3 Å². The maximum atomic E-state index is 12.5. The van der Waals surface area contributed by atoms with Crippen LogP contribution in [-0.2, 0) is 0 Å². The summed E-state index contributed by atoms with van der Waals surface area (Å²) in [5.74, 6) is 5.16. The molecule has 4 nitrogen and oxygen atoms in total. The van der Waals surface area contributed by atoms with E-state index in [9.17, 15) is 4.79 Å². The fourth-order valence-corrected chi connectivity index (χ4v) is 1.74. The van der Waals surface area contributed by atoms with Crippen LogP contribution >= 0.6 is 0 Å². The Kier molecular flexibility index (Phi) is 5.29. The number of pyridine rings is 1. The van der Waals surface area contributed by atoms with Gasteiger partial charge >= 0.3 is 0 Å². The van der Waals surface area contributed by atoms with Crippen molar-refractivity contribution in [3.05, 3.63) is 29.6 Å². The number of amides is 1. The number of hydrogen-bond acceptors (Lipinski definition) is 3. The molecule has 4 heteroatoms. The number of nitrogens with zero attached hydrogens (tertiary/aromatic N) is 2. The molecule has 0 radical (unpaired) electrons. The first-order valence-corrected chi connectivity index (χ1v) is 6.61. The molecule has 0 aliphatic carbocycles. The highest BCUT2D eigenvalue weighted by molar-refractivity contribution is 5.94. The molecule has 1 aromatic rings. The standard InChI is InChI=1S/C16H22N2O2/c1-12(16(2,3)4)18(5)15(20)14-13(9-7-11-19)8-6-10-17-14/h6,8,10,12,19H,11H2,1-5H3. The second-order valence-electron chi connectivity index (χ2n) is 5.82. The molecule has 1 N–H and O–H groups in total. The zero-order valence-corrected chi connectivity index (χ0v) is 12.8. The Bertz CT molecular complexity index is 535. The molecule has 108 valence electrons. The van der Waals surface area contributed by atoms with E-state index >= 15 is 0 Å². The molecule has 0 aliphatic heterocycles. The molecule has 20 heavy (non-hydrogen) atoms. The zero-order chi connectivity index (χ0) is 15.3. The van der Waals surface area contributed by atoms with Gasteiger partial charge in [0.05, 0.1) is 5.56 Å². The van der Waals surface area contributed by atoms with Crippen molar-refractivity contribution in [1.29, 1.82) is 0 Å². The van der Waals surface area contributed by atoms with E-state index in [4.69, 9.17) is 5.11 Å². The van der Waals surface area contributed by atoms with Crippen molar-refractivity contribution in [1.82, 2.24) is 9.88 Å². The van der Waals surface area contributed by atoms with Gasteiger partial charge in [-0.2, -0.15) is 0 Å². The lowest BCUT2D eigenvalue weighted by Crippen LogP contribution is -2.43. The summed E-state index contributed by atoms with van der Waals surface area (Å²) in [4.78, 5) is 18.4. The van der Waals surface area contributed by atoms with E-state index in [1.165, 1.54) is 0 Å². The number of hydrogen-bond donors (Lipinski definition) is 1. The summed E-state index contributed by atoms with van der Waals surface area (Å²) in [6, 6.07) is 3.53. The van der Waals surface area contributed by atoms with Crippen LogP contribution in [0.15, 0.2) is 18.3 Å². The molecule has 0 aromatic carbocycles. The predicted molar refractivity (Wildman–Crippen MR) is 79.2 cm³/mol. The maximum Gasteiger partial charge on any atom is 0.273 e. The summed E-state index contributed by atoms with van der Waals surface area (Å²) in [7, 11) is 1.77. The fourth-order valence-electron chi connectivity index (χ4n) is 1.74. The summed E-state index contributed by atoms with van der Waals surface area (Å²) in [6.07, 6.45) is 1.58. The van der Waals surface area contributed by atoms with Crippen LogP contribution in [0.5, 0.6) is 0 Å². The van der Waals surface area contributed by atoms with E-state index < -0.39 is 0 Å². The Morgan fingerprint density at radius 1 is 1.50 bits per heavy atom. The maximum absolute atomic E-state index is 12.5. The van der Waals surface area contributed by atoms with Crippen molar-refractivity contribution in [2.45, 2.75) is 33.7 Å². The quantitative estimate of drug-likeness (QED) is 0.838. The van der Waals surface area contributed by atoms with Crippen molar-refractivity contribution in [2.24, 2.45) is 5.41 Å². The van der Waals surface area contributed by atoms with Gasteiger partial charge in [0.25, 0.3) is 5.91 Å². The van der Waals surface area contributed by atoms with Crippen molar-refractivity contribution < 1.29 is 9.90 Å². The van der Waals surface area contributed by atoms with Crippen LogP contribution in [0.4, 0.5) is 0 Å². The lowest BCUT2D eigenvalue weighted by atomic mass is 9.87. The van der Waals surface area contributed by atoms with Gasteiger partial charge in [-0.1, -0.05) is 32.6 Å². The van der Waals surface area contributed by atoms with Crippen LogP contribution in [0.2, 0.25) is 0 Å².